The van der Waals surface area contributed by atoms with Crippen LogP contribution in [0, 0.1) is 6.92 Å². The van der Waals surface area contributed by atoms with Crippen LogP contribution in [-0.4, -0.2) is 5.91 Å². The van der Waals surface area contributed by atoms with Gasteiger partial charge in [-0.25, -0.2) is 0 Å². The van der Waals surface area contributed by atoms with Gasteiger partial charge in [-0.15, -0.1) is 0 Å². The van der Waals surface area contributed by atoms with Gasteiger partial charge in [-0.2, -0.15) is 0 Å². The van der Waals surface area contributed by atoms with Gasteiger partial charge in [0, 0.05) is 13.0 Å². The summed E-state index contributed by atoms with van der Waals surface area (Å²) in [7, 11) is 0. The van der Waals surface area contributed by atoms with Gasteiger partial charge < -0.3 is 4.42 Å². The van der Waals surface area contributed by atoms with E-state index < -0.39 is 0 Å². The molecule has 54 valence electrons. The number of hydrogen-bond donors (Lipinski definition) is 1. The van der Waals surface area contributed by atoms with Crippen LogP contribution >= 0.6 is 0 Å². The Morgan fingerprint density at radius 3 is 2.70 bits per heavy atom. The maximum absolute atomic E-state index is 10.5. The first-order valence-electron chi connectivity index (χ1n) is 3.02. The molecule has 1 heterocycles. The highest BCUT2D eigenvalue weighted by Crippen LogP contribution is 2.10. The second kappa shape index (κ2) is 2.56. The molecule has 1 N–H and O–H groups in total. The molecule has 0 aliphatic rings. The van der Waals surface area contributed by atoms with Crippen LogP contribution < -0.4 is 5.32 Å². The first kappa shape index (κ1) is 6.86. The predicted octanol–water partition coefficient (Wildman–Crippen LogP) is 1.55. The molecule has 0 fully saturated rings. The zero-order valence-corrected chi connectivity index (χ0v) is 5.97. The highest BCUT2D eigenvalue weighted by Gasteiger charge is 1.97. The zero-order chi connectivity index (χ0) is 7.56. The van der Waals surface area contributed by atoms with Crippen LogP contribution in [0.3, 0.4) is 0 Å². The average molecular weight is 139 g/mol. The summed E-state index contributed by atoms with van der Waals surface area (Å²) >= 11 is 0. The summed E-state index contributed by atoms with van der Waals surface area (Å²) in [6.07, 6.45) is 0. The Labute approximate surface area is 59.0 Å². The Morgan fingerprint density at radius 1 is 1.60 bits per heavy atom. The monoisotopic (exact) mass is 139 g/mol. The van der Waals surface area contributed by atoms with Gasteiger partial charge in [-0.1, -0.05) is 0 Å². The van der Waals surface area contributed by atoms with Crippen molar-refractivity contribution in [3.63, 3.8) is 0 Å². The van der Waals surface area contributed by atoms with Crippen LogP contribution in [0.2, 0.25) is 0 Å². The lowest BCUT2D eigenvalue weighted by Crippen LogP contribution is -2.04. The molecule has 10 heavy (non-hydrogen) atoms. The first-order chi connectivity index (χ1) is 4.68. The highest BCUT2D eigenvalue weighted by atomic mass is 16.4. The van der Waals surface area contributed by atoms with Crippen molar-refractivity contribution in [2.45, 2.75) is 13.8 Å². The Hall–Kier alpha value is -1.25. The van der Waals surface area contributed by atoms with Gasteiger partial charge in [-0.3, -0.25) is 10.1 Å². The smallest absolute Gasteiger partial charge is 0.223 e. The van der Waals surface area contributed by atoms with Crippen molar-refractivity contribution in [1.29, 1.82) is 0 Å². The van der Waals surface area contributed by atoms with E-state index in [0.29, 0.717) is 5.88 Å². The van der Waals surface area contributed by atoms with E-state index in [1.807, 2.05) is 6.92 Å². The number of nitrogens with one attached hydrogen (secondary N) is 1. The van der Waals surface area contributed by atoms with Crippen molar-refractivity contribution >= 4 is 11.8 Å². The maximum atomic E-state index is 10.5. The number of anilines is 1. The molecule has 3 heteroatoms. The SMILES string of the molecule is CC(=O)Nc1ccc(C)o1. The van der Waals surface area contributed by atoms with E-state index >= 15 is 0 Å². The van der Waals surface area contributed by atoms with Gasteiger partial charge in [0.2, 0.25) is 5.91 Å². The normalized spacial score (nSPS) is 9.40. The third-order valence-electron chi connectivity index (χ3n) is 1.04. The fourth-order valence-electron chi connectivity index (χ4n) is 0.675. The van der Waals surface area contributed by atoms with Crippen molar-refractivity contribution in [2.24, 2.45) is 0 Å². The summed E-state index contributed by atoms with van der Waals surface area (Å²) in [5, 5.41) is 2.52. The Balaban J connectivity index is 2.67. The Kier molecular flexibility index (Phi) is 1.76. The van der Waals surface area contributed by atoms with E-state index in [1.165, 1.54) is 6.92 Å². The van der Waals surface area contributed by atoms with Crippen LogP contribution in [0.15, 0.2) is 16.5 Å². The highest BCUT2D eigenvalue weighted by molar-refractivity contribution is 5.87. The van der Waals surface area contributed by atoms with Gasteiger partial charge in [0.1, 0.15) is 5.76 Å². The number of rotatable bonds is 1. The van der Waals surface area contributed by atoms with Crippen molar-refractivity contribution in [3.05, 3.63) is 17.9 Å². The molecule has 0 atom stereocenters. The van der Waals surface area contributed by atoms with Gasteiger partial charge in [-0.05, 0) is 13.0 Å². The molecule has 0 radical (unpaired) electrons. The van der Waals surface area contributed by atoms with Crippen molar-refractivity contribution < 1.29 is 9.21 Å². The fraction of sp³-hybridized carbons (Fsp3) is 0.286. The standard InChI is InChI=1S/C7H9NO2/c1-5-3-4-7(10-5)8-6(2)9/h3-4H,1-2H3,(H,8,9). The molecule has 1 aromatic rings. The van der Waals surface area contributed by atoms with Gasteiger partial charge >= 0.3 is 0 Å². The zero-order valence-electron chi connectivity index (χ0n) is 5.97. The van der Waals surface area contributed by atoms with Crippen molar-refractivity contribution in [1.82, 2.24) is 0 Å². The summed E-state index contributed by atoms with van der Waals surface area (Å²) in [5.41, 5.74) is 0. The molecule has 0 aliphatic heterocycles. The third kappa shape index (κ3) is 1.62. The Morgan fingerprint density at radius 2 is 2.30 bits per heavy atom. The molecule has 0 unspecified atom stereocenters. The summed E-state index contributed by atoms with van der Waals surface area (Å²) < 4.78 is 5.06. The summed E-state index contributed by atoms with van der Waals surface area (Å²) in [5.74, 6) is 1.18. The summed E-state index contributed by atoms with van der Waals surface area (Å²) in [4.78, 5) is 10.5. The van der Waals surface area contributed by atoms with Gasteiger partial charge in [0.15, 0.2) is 5.88 Å². The molecular formula is C7H9NO2. The number of amides is 1. The lowest BCUT2D eigenvalue weighted by Gasteiger charge is -1.93. The minimum atomic E-state index is -0.116. The topological polar surface area (TPSA) is 42.2 Å². The molecule has 3 nitrogen and oxygen atoms in total. The molecular weight excluding hydrogens is 130 g/mol. The lowest BCUT2D eigenvalue weighted by molar-refractivity contribution is -0.114. The number of carbonyl (C=O) groups excluding carboxylic acids is 1. The molecule has 1 aromatic heterocycles. The van der Waals surface area contributed by atoms with Crippen molar-refractivity contribution in [3.8, 4) is 0 Å². The number of carbonyl (C=O) groups is 1. The third-order valence-corrected chi connectivity index (χ3v) is 1.04. The second-order valence-electron chi connectivity index (χ2n) is 2.09. The second-order valence-corrected chi connectivity index (χ2v) is 2.09. The minimum absolute atomic E-state index is 0.116. The first-order valence-corrected chi connectivity index (χ1v) is 3.02. The quantitative estimate of drug-likeness (QED) is 0.641. The molecule has 0 saturated carbocycles. The van der Waals surface area contributed by atoms with Crippen molar-refractivity contribution in [2.75, 3.05) is 5.32 Å². The molecule has 1 amide bonds. The van der Waals surface area contributed by atoms with E-state index in [1.54, 1.807) is 12.1 Å². The summed E-state index contributed by atoms with van der Waals surface area (Å²) in [6.45, 7) is 3.27. The average Bonchev–Trinajstić information content (AvgIpc) is 2.13. The summed E-state index contributed by atoms with van der Waals surface area (Å²) in [6, 6.07) is 3.52. The van der Waals surface area contributed by atoms with Gasteiger partial charge in [0.05, 0.1) is 0 Å². The minimum Gasteiger partial charge on any atom is -0.446 e. The molecule has 0 aromatic carbocycles. The van der Waals surface area contributed by atoms with Crippen LogP contribution in [0.25, 0.3) is 0 Å². The number of aryl methyl sites for hydroxylation is 1. The number of furan rings is 1. The van der Waals surface area contributed by atoms with E-state index in [9.17, 15) is 4.79 Å². The van der Waals surface area contributed by atoms with E-state index in [0.717, 1.165) is 5.76 Å². The molecule has 0 saturated heterocycles. The molecule has 0 bridgehead atoms. The predicted molar refractivity (Wildman–Crippen MR) is 37.7 cm³/mol. The lowest BCUT2D eigenvalue weighted by atomic mass is 10.5. The Bertz CT molecular complexity index is 240. The fourth-order valence-corrected chi connectivity index (χ4v) is 0.675. The molecule has 1 rings (SSSR count). The molecule has 0 spiro atoms. The van der Waals surface area contributed by atoms with E-state index in [4.69, 9.17) is 4.42 Å². The van der Waals surface area contributed by atoms with Crippen LogP contribution in [0.5, 0.6) is 0 Å². The number of hydrogen-bond acceptors (Lipinski definition) is 2. The van der Waals surface area contributed by atoms with Crippen LogP contribution in [0.4, 0.5) is 5.88 Å². The van der Waals surface area contributed by atoms with E-state index in [-0.39, 0.29) is 5.91 Å². The van der Waals surface area contributed by atoms with E-state index in [2.05, 4.69) is 5.32 Å². The largest absolute Gasteiger partial charge is 0.446 e. The van der Waals surface area contributed by atoms with Crippen LogP contribution in [-0.2, 0) is 4.79 Å². The van der Waals surface area contributed by atoms with Crippen LogP contribution in [0.1, 0.15) is 12.7 Å². The van der Waals surface area contributed by atoms with Gasteiger partial charge in [0.25, 0.3) is 0 Å². The molecule has 0 aliphatic carbocycles. The maximum Gasteiger partial charge on any atom is 0.223 e.